The van der Waals surface area contributed by atoms with Gasteiger partial charge in [0, 0.05) is 30.8 Å². The third-order valence-corrected chi connectivity index (χ3v) is 5.20. The first-order chi connectivity index (χ1) is 10.8. The zero-order valence-corrected chi connectivity index (χ0v) is 13.1. The van der Waals surface area contributed by atoms with Crippen LogP contribution in [0.1, 0.15) is 10.4 Å². The van der Waals surface area contributed by atoms with Crippen LogP contribution in [0.5, 0.6) is 0 Å². The molecular formula is C19H11ClOS. The Morgan fingerprint density at radius 2 is 1.68 bits per heavy atom. The molecule has 106 valence electrons. The molecule has 0 fully saturated rings. The molecule has 3 aromatic carbocycles. The predicted molar refractivity (Wildman–Crippen MR) is 95.2 cm³/mol. The maximum atomic E-state index is 11.4. The van der Waals surface area contributed by atoms with Crippen LogP contribution in [-0.2, 0) is 0 Å². The van der Waals surface area contributed by atoms with E-state index in [1.54, 1.807) is 17.4 Å². The first-order valence-electron chi connectivity index (χ1n) is 6.93. The van der Waals surface area contributed by atoms with Crippen LogP contribution in [-0.4, -0.2) is 6.29 Å². The van der Waals surface area contributed by atoms with Crippen LogP contribution in [0, 0.1) is 0 Å². The topological polar surface area (TPSA) is 17.1 Å². The lowest BCUT2D eigenvalue weighted by Crippen LogP contribution is -1.88. The molecule has 0 aliphatic carbocycles. The Kier molecular flexibility index (Phi) is 3.21. The van der Waals surface area contributed by atoms with Crippen molar-refractivity contribution >= 4 is 49.4 Å². The minimum Gasteiger partial charge on any atom is -0.298 e. The maximum Gasteiger partial charge on any atom is 0.150 e. The highest BCUT2D eigenvalue weighted by atomic mass is 35.5. The smallest absolute Gasteiger partial charge is 0.150 e. The highest BCUT2D eigenvalue weighted by molar-refractivity contribution is 7.25. The van der Waals surface area contributed by atoms with Gasteiger partial charge in [-0.25, -0.2) is 0 Å². The van der Waals surface area contributed by atoms with E-state index in [0.29, 0.717) is 10.6 Å². The van der Waals surface area contributed by atoms with Crippen molar-refractivity contribution in [3.8, 4) is 11.1 Å². The van der Waals surface area contributed by atoms with Crippen molar-refractivity contribution in [2.45, 2.75) is 0 Å². The average molecular weight is 323 g/mol. The standard InChI is InChI=1S/C19H11ClOS/c20-13-8-9-14(12(10-13)11-21)15-5-3-7-18-19(15)16-4-1-2-6-17(16)22-18/h1-11H. The number of benzene rings is 3. The van der Waals surface area contributed by atoms with Crippen molar-refractivity contribution in [1.29, 1.82) is 0 Å². The number of thiophene rings is 1. The van der Waals surface area contributed by atoms with E-state index in [1.165, 1.54) is 20.2 Å². The molecule has 4 aromatic rings. The van der Waals surface area contributed by atoms with E-state index >= 15 is 0 Å². The average Bonchev–Trinajstić information content (AvgIpc) is 2.93. The third kappa shape index (κ3) is 2.04. The summed E-state index contributed by atoms with van der Waals surface area (Å²) in [4.78, 5) is 11.4. The quantitative estimate of drug-likeness (QED) is 0.402. The van der Waals surface area contributed by atoms with Crippen molar-refractivity contribution in [2.24, 2.45) is 0 Å². The van der Waals surface area contributed by atoms with Crippen LogP contribution < -0.4 is 0 Å². The third-order valence-electron chi connectivity index (χ3n) is 3.83. The second-order valence-electron chi connectivity index (χ2n) is 5.13. The Hall–Kier alpha value is -2.16. The van der Waals surface area contributed by atoms with E-state index in [2.05, 4.69) is 30.3 Å². The molecule has 0 bridgehead atoms. The van der Waals surface area contributed by atoms with Gasteiger partial charge in [0.2, 0.25) is 0 Å². The molecule has 0 saturated heterocycles. The lowest BCUT2D eigenvalue weighted by Gasteiger charge is -2.08. The van der Waals surface area contributed by atoms with Gasteiger partial charge in [-0.05, 0) is 35.4 Å². The summed E-state index contributed by atoms with van der Waals surface area (Å²) in [5.74, 6) is 0. The number of carbonyl (C=O) groups excluding carboxylic acids is 1. The molecule has 1 heterocycles. The number of rotatable bonds is 2. The van der Waals surface area contributed by atoms with Crippen molar-refractivity contribution in [1.82, 2.24) is 0 Å². The largest absolute Gasteiger partial charge is 0.298 e. The molecule has 0 N–H and O–H groups in total. The molecule has 0 aliphatic heterocycles. The van der Waals surface area contributed by atoms with E-state index in [4.69, 9.17) is 11.6 Å². The van der Waals surface area contributed by atoms with E-state index in [9.17, 15) is 4.79 Å². The van der Waals surface area contributed by atoms with Crippen molar-refractivity contribution < 1.29 is 4.79 Å². The van der Waals surface area contributed by atoms with Gasteiger partial charge in [0.15, 0.2) is 6.29 Å². The molecule has 0 spiro atoms. The Bertz CT molecular complexity index is 1020. The van der Waals surface area contributed by atoms with Crippen LogP contribution in [0.2, 0.25) is 5.02 Å². The fourth-order valence-electron chi connectivity index (χ4n) is 2.88. The second kappa shape index (κ2) is 5.24. The highest BCUT2D eigenvalue weighted by Crippen LogP contribution is 2.40. The van der Waals surface area contributed by atoms with E-state index in [0.717, 1.165) is 17.4 Å². The van der Waals surface area contributed by atoms with Gasteiger partial charge in [0.1, 0.15) is 0 Å². The first kappa shape index (κ1) is 13.5. The molecule has 0 saturated carbocycles. The molecule has 1 aromatic heterocycles. The molecule has 22 heavy (non-hydrogen) atoms. The number of hydrogen-bond acceptors (Lipinski definition) is 2. The molecule has 0 amide bonds. The zero-order valence-electron chi connectivity index (χ0n) is 11.5. The van der Waals surface area contributed by atoms with E-state index < -0.39 is 0 Å². The van der Waals surface area contributed by atoms with Crippen LogP contribution >= 0.6 is 22.9 Å². The van der Waals surface area contributed by atoms with Crippen molar-refractivity contribution in [2.75, 3.05) is 0 Å². The summed E-state index contributed by atoms with van der Waals surface area (Å²) in [6.07, 6.45) is 0.870. The van der Waals surface area contributed by atoms with Crippen LogP contribution in [0.4, 0.5) is 0 Å². The van der Waals surface area contributed by atoms with Crippen LogP contribution in [0.25, 0.3) is 31.3 Å². The Balaban J connectivity index is 2.13. The predicted octanol–water partition coefficient (Wildman–Crippen LogP) is 6.19. The summed E-state index contributed by atoms with van der Waals surface area (Å²) in [7, 11) is 0. The van der Waals surface area contributed by atoms with Crippen molar-refractivity contribution in [3.05, 3.63) is 71.2 Å². The van der Waals surface area contributed by atoms with Crippen molar-refractivity contribution in [3.63, 3.8) is 0 Å². The number of hydrogen-bond donors (Lipinski definition) is 0. The number of carbonyl (C=O) groups is 1. The van der Waals surface area contributed by atoms with Crippen LogP contribution in [0.15, 0.2) is 60.7 Å². The minimum atomic E-state index is 0.577. The summed E-state index contributed by atoms with van der Waals surface area (Å²) in [6.45, 7) is 0. The van der Waals surface area contributed by atoms with Crippen LogP contribution in [0.3, 0.4) is 0 Å². The second-order valence-corrected chi connectivity index (χ2v) is 6.65. The van der Waals surface area contributed by atoms with Gasteiger partial charge in [0.25, 0.3) is 0 Å². The zero-order chi connectivity index (χ0) is 15.1. The normalized spacial score (nSPS) is 11.1. The summed E-state index contributed by atoms with van der Waals surface area (Å²) in [5.41, 5.74) is 2.62. The van der Waals surface area contributed by atoms with Gasteiger partial charge in [-0.15, -0.1) is 11.3 Å². The SMILES string of the molecule is O=Cc1cc(Cl)ccc1-c1cccc2sc3ccccc3c12. The Labute approximate surface area is 136 Å². The summed E-state index contributed by atoms with van der Waals surface area (Å²) >= 11 is 7.79. The number of halogens is 1. The van der Waals surface area contributed by atoms with Gasteiger partial charge < -0.3 is 0 Å². The highest BCUT2D eigenvalue weighted by Gasteiger charge is 2.13. The number of aldehydes is 1. The lowest BCUT2D eigenvalue weighted by atomic mass is 9.96. The fourth-order valence-corrected chi connectivity index (χ4v) is 4.19. The summed E-state index contributed by atoms with van der Waals surface area (Å²) in [5, 5.41) is 3.01. The van der Waals surface area contributed by atoms with Gasteiger partial charge in [-0.1, -0.05) is 48.0 Å². The molecule has 1 nitrogen and oxygen atoms in total. The van der Waals surface area contributed by atoms with Gasteiger partial charge >= 0.3 is 0 Å². The first-order valence-corrected chi connectivity index (χ1v) is 8.13. The molecule has 0 aliphatic rings. The summed E-state index contributed by atoms with van der Waals surface area (Å²) < 4.78 is 2.48. The molecule has 0 unspecified atom stereocenters. The van der Waals surface area contributed by atoms with E-state index in [1.807, 2.05) is 24.3 Å². The maximum absolute atomic E-state index is 11.4. The minimum absolute atomic E-state index is 0.577. The summed E-state index contributed by atoms with van der Waals surface area (Å²) in [6, 6.07) is 20.1. The van der Waals surface area contributed by atoms with Gasteiger partial charge in [0.05, 0.1) is 0 Å². The molecule has 0 radical (unpaired) electrons. The molecular weight excluding hydrogens is 312 g/mol. The Morgan fingerprint density at radius 1 is 0.864 bits per heavy atom. The molecule has 0 atom stereocenters. The Morgan fingerprint density at radius 3 is 2.55 bits per heavy atom. The lowest BCUT2D eigenvalue weighted by molar-refractivity contribution is 0.112. The molecule has 3 heteroatoms. The number of fused-ring (bicyclic) bond motifs is 3. The van der Waals surface area contributed by atoms with E-state index in [-0.39, 0.29) is 0 Å². The molecule has 4 rings (SSSR count). The van der Waals surface area contributed by atoms with Gasteiger partial charge in [-0.3, -0.25) is 4.79 Å². The van der Waals surface area contributed by atoms with Gasteiger partial charge in [-0.2, -0.15) is 0 Å². The monoisotopic (exact) mass is 322 g/mol. The fraction of sp³-hybridized carbons (Fsp3) is 0.